The van der Waals surface area contributed by atoms with Gasteiger partial charge in [-0.25, -0.2) is 0 Å². The molecule has 0 aliphatic rings. The molecule has 0 fully saturated rings. The predicted molar refractivity (Wildman–Crippen MR) is 215 cm³/mol. The van der Waals surface area contributed by atoms with E-state index in [9.17, 15) is 9.59 Å². The summed E-state index contributed by atoms with van der Waals surface area (Å²) in [5.41, 5.74) is 0.605. The molecule has 0 aromatic heterocycles. The molecule has 1 rings (SSSR count). The highest BCUT2D eigenvalue weighted by molar-refractivity contribution is 5.73. The number of rotatable bonds is 35. The Bertz CT molecular complexity index is 914. The van der Waals surface area contributed by atoms with Crippen LogP contribution in [0.3, 0.4) is 0 Å². The Morgan fingerprint density at radius 2 is 0.917 bits per heavy atom. The van der Waals surface area contributed by atoms with E-state index < -0.39 is 5.43 Å². The molecule has 0 atom stereocenters. The van der Waals surface area contributed by atoms with Gasteiger partial charge in [0.05, 0.1) is 0 Å². The van der Waals surface area contributed by atoms with Crippen LogP contribution in [-0.2, 0) is 0 Å². The number of hydrogen-bond donors (Lipinski definition) is 2. The number of unbranched alkanes of at least 4 members (excludes halogenated alkanes) is 18. The molecule has 0 saturated carbocycles. The lowest BCUT2D eigenvalue weighted by atomic mass is 9.89. The monoisotopic (exact) mass is 674 g/mol. The van der Waals surface area contributed by atoms with Crippen LogP contribution in [0, 0.1) is 11.3 Å². The summed E-state index contributed by atoms with van der Waals surface area (Å²) in [6.45, 7) is 15.8. The molecule has 0 aliphatic carbocycles. The largest absolute Gasteiger partial charge is 0.383 e. The number of nitrogens with one attached hydrogen (secondary N) is 2. The fourth-order valence-corrected chi connectivity index (χ4v) is 7.33. The smallest absolute Gasteiger partial charge is 0.253 e. The van der Waals surface area contributed by atoms with Crippen LogP contribution in [-0.4, -0.2) is 38.1 Å². The minimum Gasteiger partial charge on any atom is -0.383 e. The van der Waals surface area contributed by atoms with Gasteiger partial charge < -0.3 is 15.5 Å². The van der Waals surface area contributed by atoms with Gasteiger partial charge in [0.1, 0.15) is 11.4 Å². The molecule has 2 N–H and O–H groups in total. The number of anilines is 2. The first-order valence-electron chi connectivity index (χ1n) is 21.2. The maximum Gasteiger partial charge on any atom is 0.253 e. The van der Waals surface area contributed by atoms with E-state index in [1.165, 1.54) is 180 Å². The summed E-state index contributed by atoms with van der Waals surface area (Å²) in [6, 6.07) is 0. The SMILES string of the molecule is CCCCCCCCC(CCCCCCCC)CCCCCCCN(CCCCCCCC(C)(C)C)CCCNc1c(NC)c(=O)c1=O. The van der Waals surface area contributed by atoms with Gasteiger partial charge in [-0.15, -0.1) is 0 Å². The van der Waals surface area contributed by atoms with E-state index in [1.54, 1.807) is 7.05 Å². The molecule has 0 amide bonds. The van der Waals surface area contributed by atoms with Crippen molar-refractivity contribution >= 4 is 11.4 Å². The van der Waals surface area contributed by atoms with E-state index in [0.29, 0.717) is 16.8 Å². The summed E-state index contributed by atoms with van der Waals surface area (Å²) in [5.74, 6) is 0.966. The van der Waals surface area contributed by atoms with E-state index in [0.717, 1.165) is 25.4 Å². The van der Waals surface area contributed by atoms with Gasteiger partial charge in [-0.1, -0.05) is 182 Å². The number of nitrogens with zero attached hydrogens (tertiary/aromatic N) is 1. The van der Waals surface area contributed by atoms with Gasteiger partial charge in [-0.2, -0.15) is 0 Å². The Balaban J connectivity index is 2.38. The lowest BCUT2D eigenvalue weighted by Crippen LogP contribution is -2.37. The second-order valence-corrected chi connectivity index (χ2v) is 16.4. The summed E-state index contributed by atoms with van der Waals surface area (Å²) in [6.07, 6.45) is 37.3. The molecule has 48 heavy (non-hydrogen) atoms. The van der Waals surface area contributed by atoms with Crippen molar-refractivity contribution in [1.29, 1.82) is 0 Å². The van der Waals surface area contributed by atoms with Crippen LogP contribution < -0.4 is 21.5 Å². The Labute approximate surface area is 299 Å². The van der Waals surface area contributed by atoms with Crippen LogP contribution in [0.2, 0.25) is 0 Å². The summed E-state index contributed by atoms with van der Waals surface area (Å²) in [5, 5.41) is 6.09. The van der Waals surface area contributed by atoms with E-state index in [2.05, 4.69) is 50.2 Å². The zero-order valence-corrected chi connectivity index (χ0v) is 33.3. The van der Waals surface area contributed by atoms with Crippen molar-refractivity contribution in [2.75, 3.05) is 43.9 Å². The van der Waals surface area contributed by atoms with Crippen molar-refractivity contribution in [2.45, 2.75) is 208 Å². The van der Waals surface area contributed by atoms with E-state index >= 15 is 0 Å². The van der Waals surface area contributed by atoms with Crippen LogP contribution >= 0.6 is 0 Å². The first-order valence-corrected chi connectivity index (χ1v) is 21.2. The maximum atomic E-state index is 11.9. The molecular weight excluding hydrogens is 590 g/mol. The highest BCUT2D eigenvalue weighted by Crippen LogP contribution is 2.25. The standard InChI is InChI=1S/C43H83N3O2/c1-7-9-11-13-17-23-30-38(31-24-18-14-12-10-8-2)32-25-19-15-21-27-35-46(36-28-22-16-20-26-33-43(3,4)5)37-29-34-45-40-39(44-6)41(47)42(40)48/h38,44-45H,7-37H2,1-6H3. The van der Waals surface area contributed by atoms with Gasteiger partial charge in [-0.05, 0) is 56.7 Å². The first kappa shape index (κ1) is 44.7. The first-order chi connectivity index (χ1) is 23.2. The predicted octanol–water partition coefficient (Wildman–Crippen LogP) is 12.3. The van der Waals surface area contributed by atoms with Crippen LogP contribution in [0.5, 0.6) is 0 Å². The minimum absolute atomic E-state index is 0.376. The molecule has 1 aromatic rings. The summed E-state index contributed by atoms with van der Waals surface area (Å²) in [4.78, 5) is 26.3. The summed E-state index contributed by atoms with van der Waals surface area (Å²) in [7, 11) is 1.71. The van der Waals surface area contributed by atoms with Gasteiger partial charge in [0, 0.05) is 13.6 Å². The Kier molecular flexibility index (Phi) is 27.3. The maximum absolute atomic E-state index is 11.9. The molecule has 1 aromatic carbocycles. The van der Waals surface area contributed by atoms with Crippen molar-refractivity contribution in [3.05, 3.63) is 20.4 Å². The molecule has 5 heteroatoms. The third-order valence-electron chi connectivity index (χ3n) is 10.5. The second-order valence-electron chi connectivity index (χ2n) is 16.4. The van der Waals surface area contributed by atoms with Gasteiger partial charge >= 0.3 is 0 Å². The van der Waals surface area contributed by atoms with Crippen molar-refractivity contribution in [3.8, 4) is 0 Å². The average molecular weight is 674 g/mol. The summed E-state index contributed by atoms with van der Waals surface area (Å²) >= 11 is 0. The number of hydrogen-bond acceptors (Lipinski definition) is 5. The summed E-state index contributed by atoms with van der Waals surface area (Å²) < 4.78 is 0. The molecule has 0 aliphatic heterocycles. The normalized spacial score (nSPS) is 12.2. The van der Waals surface area contributed by atoms with Crippen molar-refractivity contribution in [3.63, 3.8) is 0 Å². The van der Waals surface area contributed by atoms with E-state index in [-0.39, 0.29) is 5.43 Å². The van der Waals surface area contributed by atoms with E-state index in [4.69, 9.17) is 0 Å². The van der Waals surface area contributed by atoms with Crippen molar-refractivity contribution in [2.24, 2.45) is 11.3 Å². The highest BCUT2D eigenvalue weighted by atomic mass is 16.2. The Morgan fingerprint density at radius 1 is 0.521 bits per heavy atom. The van der Waals surface area contributed by atoms with Gasteiger partial charge in [0.15, 0.2) is 0 Å². The molecule has 0 bridgehead atoms. The molecule has 0 spiro atoms. The lowest BCUT2D eigenvalue weighted by molar-refractivity contribution is 0.258. The Hall–Kier alpha value is -1.36. The van der Waals surface area contributed by atoms with Crippen LogP contribution in [0.1, 0.15) is 208 Å². The fraction of sp³-hybridized carbons (Fsp3) is 0.907. The van der Waals surface area contributed by atoms with Crippen molar-refractivity contribution < 1.29 is 0 Å². The minimum atomic E-state index is -0.393. The molecule has 0 radical (unpaired) electrons. The molecule has 0 unspecified atom stereocenters. The highest BCUT2D eigenvalue weighted by Gasteiger charge is 2.19. The quantitative estimate of drug-likeness (QED) is 0.0554. The molecule has 282 valence electrons. The zero-order chi connectivity index (χ0) is 35.3. The Morgan fingerprint density at radius 3 is 1.38 bits per heavy atom. The van der Waals surface area contributed by atoms with Gasteiger partial charge in [0.25, 0.3) is 10.9 Å². The zero-order valence-electron chi connectivity index (χ0n) is 33.3. The van der Waals surface area contributed by atoms with Crippen LogP contribution in [0.25, 0.3) is 0 Å². The van der Waals surface area contributed by atoms with Crippen molar-refractivity contribution in [1.82, 2.24) is 4.90 Å². The molecule has 0 saturated heterocycles. The van der Waals surface area contributed by atoms with Crippen LogP contribution in [0.4, 0.5) is 11.4 Å². The molecule has 5 nitrogen and oxygen atoms in total. The molecular formula is C43H83N3O2. The fourth-order valence-electron chi connectivity index (χ4n) is 7.33. The topological polar surface area (TPSA) is 61.4 Å². The molecule has 0 heterocycles. The van der Waals surface area contributed by atoms with E-state index in [1.807, 2.05) is 0 Å². The average Bonchev–Trinajstić information content (AvgIpc) is 3.06. The van der Waals surface area contributed by atoms with Gasteiger partial charge in [0.2, 0.25) is 0 Å². The van der Waals surface area contributed by atoms with Gasteiger partial charge in [-0.3, -0.25) is 9.59 Å². The van der Waals surface area contributed by atoms with Crippen LogP contribution in [0.15, 0.2) is 9.59 Å². The second kappa shape index (κ2) is 29.4. The third-order valence-corrected chi connectivity index (χ3v) is 10.5. The third kappa shape index (κ3) is 23.1. The lowest BCUT2D eigenvalue weighted by Gasteiger charge is -2.23.